The van der Waals surface area contributed by atoms with E-state index in [4.69, 9.17) is 0 Å². The molecular weight excluding hydrogens is 444 g/mol. The maximum Gasteiger partial charge on any atom is 0.354 e. The molecule has 1 unspecified atom stereocenters. The van der Waals surface area contributed by atoms with Crippen molar-refractivity contribution >= 4 is 5.97 Å². The molecule has 0 amide bonds. The first-order valence-corrected chi connectivity index (χ1v) is 11.9. The average Bonchev–Trinajstić information content (AvgIpc) is 3.52. The minimum atomic E-state index is -1.32. The summed E-state index contributed by atoms with van der Waals surface area (Å²) < 4.78 is 1.74. The summed E-state index contributed by atoms with van der Waals surface area (Å²) in [6, 6.07) is 15.8. The van der Waals surface area contributed by atoms with Crippen LogP contribution in [0.3, 0.4) is 0 Å². The zero-order chi connectivity index (χ0) is 25.0. The van der Waals surface area contributed by atoms with E-state index in [0.29, 0.717) is 25.2 Å². The molecule has 0 saturated carbocycles. The van der Waals surface area contributed by atoms with Crippen LogP contribution in [0.5, 0.6) is 0 Å². The Bertz CT molecular complexity index is 1250. The highest BCUT2D eigenvalue weighted by atomic mass is 16.4. The summed E-state index contributed by atoms with van der Waals surface area (Å²) in [7, 11) is 0. The van der Waals surface area contributed by atoms with E-state index < -0.39 is 17.7 Å². The second-order valence-electron chi connectivity index (χ2n) is 8.92. The molecule has 3 aromatic rings. The molecule has 9 heteroatoms. The Kier molecular flexibility index (Phi) is 7.16. The number of rotatable bonds is 10. The van der Waals surface area contributed by atoms with Crippen molar-refractivity contribution in [3.8, 4) is 11.1 Å². The molecule has 182 valence electrons. The van der Waals surface area contributed by atoms with Crippen molar-refractivity contribution in [2.24, 2.45) is 20.7 Å². The minimum Gasteiger partial charge on any atom is -0.477 e. The van der Waals surface area contributed by atoms with Crippen LogP contribution in [-0.4, -0.2) is 25.7 Å². The number of benzene rings is 2. The number of carboxylic acid groups (broad SMARTS) is 1. The number of aromatic carboxylic acids is 1. The van der Waals surface area contributed by atoms with E-state index >= 15 is 0 Å². The Morgan fingerprint density at radius 1 is 1.06 bits per heavy atom. The lowest BCUT2D eigenvalue weighted by atomic mass is 9.97. The molecule has 0 saturated heterocycles. The van der Waals surface area contributed by atoms with Crippen LogP contribution < -0.4 is 0 Å². The number of unbranched alkanes of at least 4 members (excludes halogenated alkanes) is 1. The van der Waals surface area contributed by atoms with Crippen molar-refractivity contribution in [3.05, 3.63) is 76.9 Å². The quantitative estimate of drug-likeness (QED) is 0.369. The summed E-state index contributed by atoms with van der Waals surface area (Å²) in [6.07, 6.45) is 2.41. The molecule has 0 radical (unpaired) electrons. The minimum absolute atomic E-state index is 0.0503. The van der Waals surface area contributed by atoms with E-state index in [1.54, 1.807) is 11.5 Å². The van der Waals surface area contributed by atoms with Gasteiger partial charge >= 0.3 is 5.97 Å². The van der Waals surface area contributed by atoms with Crippen LogP contribution in [-0.2, 0) is 18.6 Å². The summed E-state index contributed by atoms with van der Waals surface area (Å²) in [5.41, 5.74) is 2.79. The van der Waals surface area contributed by atoms with Crippen molar-refractivity contribution in [1.29, 1.82) is 0 Å². The van der Waals surface area contributed by atoms with Gasteiger partial charge in [0.2, 0.25) is 6.17 Å². The Morgan fingerprint density at radius 2 is 1.74 bits per heavy atom. The largest absolute Gasteiger partial charge is 0.477 e. The van der Waals surface area contributed by atoms with E-state index in [0.717, 1.165) is 35.1 Å². The highest BCUT2D eigenvalue weighted by molar-refractivity contribution is 5.87. The lowest BCUT2D eigenvalue weighted by Crippen LogP contribution is -2.24. The van der Waals surface area contributed by atoms with E-state index in [1.807, 2.05) is 55.5 Å². The van der Waals surface area contributed by atoms with Gasteiger partial charge in [0.25, 0.3) is 0 Å². The van der Waals surface area contributed by atoms with Gasteiger partial charge in [-0.15, -0.1) is 10.2 Å². The van der Waals surface area contributed by atoms with E-state index in [-0.39, 0.29) is 11.4 Å². The van der Waals surface area contributed by atoms with Gasteiger partial charge in [0, 0.05) is 18.5 Å². The highest BCUT2D eigenvalue weighted by Crippen LogP contribution is 2.34. The molecule has 9 nitrogen and oxygen atoms in total. The molecule has 0 bridgehead atoms. The molecule has 2 heterocycles. The number of aryl methyl sites for hydroxylation is 1. The lowest BCUT2D eigenvalue weighted by molar-refractivity contribution is 0.0441. The maximum atomic E-state index is 12.3. The number of hydrogen-bond donors (Lipinski definition) is 2. The second-order valence-corrected chi connectivity index (χ2v) is 8.92. The Morgan fingerprint density at radius 3 is 2.37 bits per heavy atom. The van der Waals surface area contributed by atoms with E-state index in [2.05, 4.69) is 32.6 Å². The zero-order valence-electron chi connectivity index (χ0n) is 20.2. The van der Waals surface area contributed by atoms with Gasteiger partial charge in [-0.25, -0.2) is 9.78 Å². The van der Waals surface area contributed by atoms with Gasteiger partial charge in [-0.3, -0.25) is 0 Å². The number of aromatic nitrogens is 2. The smallest absolute Gasteiger partial charge is 0.354 e. The standard InChI is InChI=1S/C26H30N6O3/c1-4-6-11-21-27-23(26(3,35)5-2)22(25(33)34)32(21)16-17-12-14-18(15-13-17)19-9-7-8-10-20(19)24-28-30-31-29-24/h7-10,12-15,24,35H,4-6,11,16H2,1-3H3,(H,33,34). The molecule has 1 aliphatic heterocycles. The fraction of sp³-hybridized carbons (Fsp3) is 0.385. The van der Waals surface area contributed by atoms with Crippen LogP contribution in [0, 0.1) is 0 Å². The van der Waals surface area contributed by atoms with Crippen molar-refractivity contribution < 1.29 is 15.0 Å². The Labute approximate surface area is 204 Å². The summed E-state index contributed by atoms with van der Waals surface area (Å²) in [4.78, 5) is 16.9. The fourth-order valence-electron chi connectivity index (χ4n) is 4.20. The van der Waals surface area contributed by atoms with E-state index in [9.17, 15) is 15.0 Å². The maximum absolute atomic E-state index is 12.3. The molecule has 1 aliphatic rings. The first-order valence-electron chi connectivity index (χ1n) is 11.9. The second kappa shape index (κ2) is 10.3. The van der Waals surface area contributed by atoms with Gasteiger partial charge in [0.05, 0.1) is 0 Å². The van der Waals surface area contributed by atoms with Gasteiger partial charge in [0.15, 0.2) is 5.69 Å². The van der Waals surface area contributed by atoms with Crippen LogP contribution >= 0.6 is 0 Å². The average molecular weight is 475 g/mol. The lowest BCUT2D eigenvalue weighted by Gasteiger charge is -2.20. The normalized spacial score (nSPS) is 15.0. The van der Waals surface area contributed by atoms with Gasteiger partial charge in [-0.1, -0.05) is 68.8 Å². The third-order valence-corrected chi connectivity index (χ3v) is 6.41. The van der Waals surface area contributed by atoms with Gasteiger partial charge in [0.1, 0.15) is 17.1 Å². The van der Waals surface area contributed by atoms with Crippen LogP contribution in [0.4, 0.5) is 0 Å². The number of imidazole rings is 1. The summed E-state index contributed by atoms with van der Waals surface area (Å²) in [5, 5.41) is 36.3. The zero-order valence-corrected chi connectivity index (χ0v) is 20.2. The Hall–Kier alpha value is -3.72. The third-order valence-electron chi connectivity index (χ3n) is 6.41. The van der Waals surface area contributed by atoms with Gasteiger partial charge < -0.3 is 14.8 Å². The molecular formula is C26H30N6O3. The predicted molar refractivity (Wildman–Crippen MR) is 131 cm³/mol. The van der Waals surface area contributed by atoms with Crippen LogP contribution in [0.25, 0.3) is 11.1 Å². The number of aliphatic hydroxyl groups is 1. The van der Waals surface area contributed by atoms with Crippen molar-refractivity contribution in [2.45, 2.75) is 64.8 Å². The molecule has 2 N–H and O–H groups in total. The molecule has 4 rings (SSSR count). The van der Waals surface area contributed by atoms with Crippen LogP contribution in [0.1, 0.15) is 79.3 Å². The third kappa shape index (κ3) is 5.05. The first-order chi connectivity index (χ1) is 16.9. The van der Waals surface area contributed by atoms with Crippen LogP contribution in [0.2, 0.25) is 0 Å². The number of carboxylic acids is 1. The summed E-state index contributed by atoms with van der Waals surface area (Å²) >= 11 is 0. The molecule has 2 aromatic carbocycles. The monoisotopic (exact) mass is 474 g/mol. The number of carbonyl (C=O) groups is 1. The molecule has 0 fully saturated rings. The molecule has 0 spiro atoms. The summed E-state index contributed by atoms with van der Waals surface area (Å²) in [5.74, 6) is -0.409. The molecule has 1 aromatic heterocycles. The molecule has 0 aliphatic carbocycles. The highest BCUT2D eigenvalue weighted by Gasteiger charge is 2.33. The van der Waals surface area contributed by atoms with E-state index in [1.165, 1.54) is 0 Å². The van der Waals surface area contributed by atoms with Gasteiger partial charge in [-0.2, -0.15) is 0 Å². The predicted octanol–water partition coefficient (Wildman–Crippen LogP) is 6.09. The van der Waals surface area contributed by atoms with Crippen LogP contribution in [0.15, 0.2) is 69.2 Å². The topological polar surface area (TPSA) is 125 Å². The Balaban J connectivity index is 1.69. The fourth-order valence-corrected chi connectivity index (χ4v) is 4.20. The summed E-state index contributed by atoms with van der Waals surface area (Å²) in [6.45, 7) is 5.87. The number of nitrogens with zero attached hydrogens (tertiary/aromatic N) is 6. The number of hydrogen-bond acceptors (Lipinski definition) is 7. The molecule has 1 atom stereocenters. The van der Waals surface area contributed by atoms with Gasteiger partial charge in [-0.05, 0) is 46.9 Å². The SMILES string of the molecule is CCCCc1nc(C(C)(O)CC)c(C(=O)O)n1Cc1ccc(-c2ccccc2C2N=NN=N2)cc1. The van der Waals surface area contributed by atoms with Crippen molar-refractivity contribution in [3.63, 3.8) is 0 Å². The molecule has 35 heavy (non-hydrogen) atoms. The van der Waals surface area contributed by atoms with Crippen molar-refractivity contribution in [1.82, 2.24) is 9.55 Å². The first kappa shape index (κ1) is 24.4. The van der Waals surface area contributed by atoms with Crippen molar-refractivity contribution in [2.75, 3.05) is 0 Å².